The van der Waals surface area contributed by atoms with Crippen LogP contribution in [0.1, 0.15) is 23.9 Å². The Bertz CT molecular complexity index is 685. The number of pyridine rings is 1. The Labute approximate surface area is 122 Å². The summed E-state index contributed by atoms with van der Waals surface area (Å²) >= 11 is 1.04. The van der Waals surface area contributed by atoms with E-state index in [4.69, 9.17) is 0 Å². The molecule has 2 rings (SSSR count). The van der Waals surface area contributed by atoms with Gasteiger partial charge in [-0.25, -0.2) is 4.98 Å². The molecule has 0 aliphatic heterocycles. The highest BCUT2D eigenvalue weighted by atomic mass is 32.2. The molecule has 0 aliphatic carbocycles. The van der Waals surface area contributed by atoms with Crippen LogP contribution in [-0.2, 0) is 18.3 Å². The van der Waals surface area contributed by atoms with E-state index in [1.807, 2.05) is 13.0 Å². The van der Waals surface area contributed by atoms with E-state index in [-0.39, 0.29) is 5.16 Å². The van der Waals surface area contributed by atoms with Crippen LogP contribution in [0.5, 0.6) is 0 Å². The van der Waals surface area contributed by atoms with Gasteiger partial charge in [-0.2, -0.15) is 13.2 Å². The number of aromatic amines is 1. The molecule has 0 unspecified atom stereocenters. The van der Waals surface area contributed by atoms with Gasteiger partial charge in [-0.15, -0.1) is 0 Å². The van der Waals surface area contributed by atoms with E-state index in [0.29, 0.717) is 11.8 Å². The fraction of sp³-hybridized carbons (Fsp3) is 0.308. The summed E-state index contributed by atoms with van der Waals surface area (Å²) in [5.74, 6) is 0.390. The third-order valence-corrected chi connectivity index (χ3v) is 3.62. The van der Waals surface area contributed by atoms with E-state index < -0.39 is 17.4 Å². The van der Waals surface area contributed by atoms with Crippen molar-refractivity contribution in [2.75, 3.05) is 0 Å². The number of aromatic nitrogens is 3. The van der Waals surface area contributed by atoms with Crippen LogP contribution in [0.3, 0.4) is 0 Å². The Morgan fingerprint density at radius 3 is 2.81 bits per heavy atom. The number of hydrogen-bond donors (Lipinski definition) is 1. The lowest BCUT2D eigenvalue weighted by Gasteiger charge is -2.08. The van der Waals surface area contributed by atoms with Gasteiger partial charge < -0.3 is 4.98 Å². The van der Waals surface area contributed by atoms with Gasteiger partial charge in [-0.1, -0.05) is 24.8 Å². The standard InChI is InChI=1S/C13H12F3N3OS/c1-2-9-8(4-3-5-17-9)7-21-12-18-10(13(14,15)16)6-11(20)19-12/h3-6H,2,7H2,1H3,(H,18,19,20). The molecule has 0 radical (unpaired) electrons. The van der Waals surface area contributed by atoms with Gasteiger partial charge in [0.1, 0.15) is 0 Å². The van der Waals surface area contributed by atoms with Crippen molar-refractivity contribution in [3.63, 3.8) is 0 Å². The second kappa shape index (κ2) is 6.30. The monoisotopic (exact) mass is 315 g/mol. The molecule has 0 spiro atoms. The minimum Gasteiger partial charge on any atom is -0.301 e. The van der Waals surface area contributed by atoms with Crippen LogP contribution < -0.4 is 5.56 Å². The highest BCUT2D eigenvalue weighted by molar-refractivity contribution is 7.98. The number of thioether (sulfide) groups is 1. The predicted molar refractivity (Wildman–Crippen MR) is 73.0 cm³/mol. The molecule has 2 heterocycles. The molecule has 4 nitrogen and oxygen atoms in total. The van der Waals surface area contributed by atoms with Crippen LogP contribution >= 0.6 is 11.8 Å². The van der Waals surface area contributed by atoms with Crippen molar-refractivity contribution in [2.45, 2.75) is 30.4 Å². The Hall–Kier alpha value is -1.83. The number of nitrogens with one attached hydrogen (secondary N) is 1. The predicted octanol–water partition coefficient (Wildman–Crippen LogP) is 3.04. The number of rotatable bonds is 4. The molecule has 0 aromatic carbocycles. The average molecular weight is 315 g/mol. The van der Waals surface area contributed by atoms with E-state index in [0.717, 1.165) is 29.4 Å². The average Bonchev–Trinajstić information content (AvgIpc) is 2.44. The normalized spacial score (nSPS) is 11.6. The molecule has 0 aliphatic rings. The fourth-order valence-electron chi connectivity index (χ4n) is 1.72. The quantitative estimate of drug-likeness (QED) is 0.696. The molecule has 0 atom stereocenters. The molecule has 2 aromatic heterocycles. The van der Waals surface area contributed by atoms with Crippen LogP contribution in [0.15, 0.2) is 34.3 Å². The summed E-state index contributed by atoms with van der Waals surface area (Å²) in [6.07, 6.45) is -2.24. The summed E-state index contributed by atoms with van der Waals surface area (Å²) in [6.45, 7) is 1.95. The van der Waals surface area contributed by atoms with Crippen molar-refractivity contribution in [2.24, 2.45) is 0 Å². The number of nitrogens with zero attached hydrogens (tertiary/aromatic N) is 2. The van der Waals surface area contributed by atoms with Gasteiger partial charge in [0.2, 0.25) is 0 Å². The lowest BCUT2D eigenvalue weighted by atomic mass is 10.2. The molecular formula is C13H12F3N3OS. The molecule has 8 heteroatoms. The first-order valence-electron chi connectivity index (χ1n) is 6.14. The molecule has 112 valence electrons. The van der Waals surface area contributed by atoms with Crippen LogP contribution in [0, 0.1) is 0 Å². The molecule has 0 saturated carbocycles. The van der Waals surface area contributed by atoms with Gasteiger partial charge >= 0.3 is 6.18 Å². The van der Waals surface area contributed by atoms with Crippen molar-refractivity contribution in [1.82, 2.24) is 15.0 Å². The maximum absolute atomic E-state index is 12.6. The number of halogens is 3. The van der Waals surface area contributed by atoms with Crippen molar-refractivity contribution < 1.29 is 13.2 Å². The van der Waals surface area contributed by atoms with Crippen molar-refractivity contribution in [3.05, 3.63) is 51.7 Å². The van der Waals surface area contributed by atoms with Crippen molar-refractivity contribution in [1.29, 1.82) is 0 Å². The molecule has 0 saturated heterocycles. The summed E-state index contributed by atoms with van der Waals surface area (Å²) in [7, 11) is 0. The SMILES string of the molecule is CCc1ncccc1CSc1nc(C(F)(F)F)cc(=O)[nH]1. The van der Waals surface area contributed by atoms with Crippen LogP contribution in [0.4, 0.5) is 13.2 Å². The van der Waals surface area contributed by atoms with Gasteiger partial charge in [-0.05, 0) is 18.1 Å². The molecule has 1 N–H and O–H groups in total. The Morgan fingerprint density at radius 2 is 2.14 bits per heavy atom. The van der Waals surface area contributed by atoms with E-state index in [9.17, 15) is 18.0 Å². The minimum absolute atomic E-state index is 0.0549. The van der Waals surface area contributed by atoms with Crippen LogP contribution in [0.25, 0.3) is 0 Å². The molecule has 0 amide bonds. The zero-order chi connectivity index (χ0) is 15.5. The summed E-state index contributed by atoms with van der Waals surface area (Å²) in [6, 6.07) is 4.06. The third-order valence-electron chi connectivity index (χ3n) is 2.69. The summed E-state index contributed by atoms with van der Waals surface area (Å²) in [5.41, 5.74) is -0.221. The van der Waals surface area contributed by atoms with Gasteiger partial charge in [0.15, 0.2) is 10.9 Å². The second-order valence-corrected chi connectivity index (χ2v) is 5.15. The van der Waals surface area contributed by atoms with Gasteiger partial charge in [-0.3, -0.25) is 9.78 Å². The minimum atomic E-state index is -4.63. The number of alkyl halides is 3. The maximum atomic E-state index is 12.6. The number of hydrogen-bond acceptors (Lipinski definition) is 4. The molecule has 21 heavy (non-hydrogen) atoms. The summed E-state index contributed by atoms with van der Waals surface area (Å²) in [4.78, 5) is 21.2. The lowest BCUT2D eigenvalue weighted by Crippen LogP contribution is -2.16. The Morgan fingerprint density at radius 1 is 1.38 bits per heavy atom. The van der Waals surface area contributed by atoms with Gasteiger partial charge in [0.05, 0.1) is 0 Å². The number of H-pyrrole nitrogens is 1. The van der Waals surface area contributed by atoms with Crippen molar-refractivity contribution in [3.8, 4) is 0 Å². The third kappa shape index (κ3) is 4.07. The molecule has 0 bridgehead atoms. The van der Waals surface area contributed by atoms with Crippen LogP contribution in [-0.4, -0.2) is 15.0 Å². The maximum Gasteiger partial charge on any atom is 0.433 e. The Balaban J connectivity index is 2.21. The van der Waals surface area contributed by atoms with Crippen molar-refractivity contribution >= 4 is 11.8 Å². The van der Waals surface area contributed by atoms with Crippen LogP contribution in [0.2, 0.25) is 0 Å². The first kappa shape index (κ1) is 15.6. The molecule has 0 fully saturated rings. The first-order valence-corrected chi connectivity index (χ1v) is 7.13. The second-order valence-electron chi connectivity index (χ2n) is 4.18. The number of aryl methyl sites for hydroxylation is 1. The smallest absolute Gasteiger partial charge is 0.301 e. The van der Waals surface area contributed by atoms with E-state index in [2.05, 4.69) is 15.0 Å². The highest BCUT2D eigenvalue weighted by Gasteiger charge is 2.33. The zero-order valence-corrected chi connectivity index (χ0v) is 11.9. The van der Waals surface area contributed by atoms with E-state index >= 15 is 0 Å². The lowest BCUT2D eigenvalue weighted by molar-refractivity contribution is -0.141. The Kier molecular flexibility index (Phi) is 4.66. The molecular weight excluding hydrogens is 303 g/mol. The van der Waals surface area contributed by atoms with E-state index in [1.54, 1.807) is 12.3 Å². The van der Waals surface area contributed by atoms with E-state index in [1.165, 1.54) is 0 Å². The first-order chi connectivity index (χ1) is 9.90. The topological polar surface area (TPSA) is 58.6 Å². The fourth-order valence-corrected chi connectivity index (χ4v) is 2.61. The zero-order valence-electron chi connectivity index (χ0n) is 11.1. The summed E-state index contributed by atoms with van der Waals surface area (Å²) < 4.78 is 37.8. The highest BCUT2D eigenvalue weighted by Crippen LogP contribution is 2.28. The molecule has 2 aromatic rings. The summed E-state index contributed by atoms with van der Waals surface area (Å²) in [5, 5.41) is -0.0549. The largest absolute Gasteiger partial charge is 0.433 e. The van der Waals surface area contributed by atoms with Gasteiger partial charge in [0, 0.05) is 23.7 Å². The van der Waals surface area contributed by atoms with Gasteiger partial charge in [0.25, 0.3) is 5.56 Å².